The first-order valence-corrected chi connectivity index (χ1v) is 3.03. The van der Waals surface area contributed by atoms with Crippen LogP contribution < -0.4 is 5.73 Å². The lowest BCUT2D eigenvalue weighted by Gasteiger charge is -2.00. The zero-order valence-electron chi connectivity index (χ0n) is 5.70. The molecule has 1 unspecified atom stereocenters. The van der Waals surface area contributed by atoms with Crippen molar-refractivity contribution in [2.45, 2.75) is 12.8 Å². The minimum atomic E-state index is -0.332. The van der Waals surface area contributed by atoms with Crippen molar-refractivity contribution in [3.63, 3.8) is 0 Å². The summed E-state index contributed by atoms with van der Waals surface area (Å²) in [7, 11) is 0. The number of amides is 1. The van der Waals surface area contributed by atoms with Gasteiger partial charge in [0.2, 0.25) is 5.91 Å². The predicted octanol–water partition coefficient (Wildman–Crippen LogP) is 0.868. The Morgan fingerprint density at radius 3 is 2.90 bits per heavy atom. The Labute approximate surface area is 58.8 Å². The zero-order valence-corrected chi connectivity index (χ0v) is 5.70. The Morgan fingerprint density at radius 1 is 1.80 bits per heavy atom. The maximum absolute atomic E-state index is 10.6. The van der Waals surface area contributed by atoms with E-state index in [0.717, 1.165) is 5.56 Å². The van der Waals surface area contributed by atoms with Crippen molar-refractivity contribution in [3.8, 4) is 0 Å². The highest BCUT2D eigenvalue weighted by Gasteiger charge is 2.11. The first-order valence-electron chi connectivity index (χ1n) is 3.03. The number of hydrogen-bond donors (Lipinski definition) is 1. The smallest absolute Gasteiger partial charge is 0.224 e. The zero-order chi connectivity index (χ0) is 7.56. The fraction of sp³-hybridized carbons (Fsp3) is 0.286. The topological polar surface area (TPSA) is 56.2 Å². The predicted molar refractivity (Wildman–Crippen MR) is 36.3 cm³/mol. The van der Waals surface area contributed by atoms with Gasteiger partial charge in [0.1, 0.15) is 0 Å². The molecule has 0 saturated heterocycles. The number of carbonyl (C=O) groups excluding carboxylic acids is 1. The highest BCUT2D eigenvalue weighted by atomic mass is 16.3. The van der Waals surface area contributed by atoms with Gasteiger partial charge in [-0.1, -0.05) is 0 Å². The summed E-state index contributed by atoms with van der Waals surface area (Å²) >= 11 is 0. The van der Waals surface area contributed by atoms with Crippen LogP contribution in [-0.2, 0) is 4.79 Å². The summed E-state index contributed by atoms with van der Waals surface area (Å²) < 4.78 is 4.78. The second kappa shape index (κ2) is 2.56. The standard InChI is InChI=1S/C7H9NO2/c1-5(7(8)9)6-2-3-10-4-6/h2-5H,1H3,(H2,8,9). The van der Waals surface area contributed by atoms with E-state index in [1.54, 1.807) is 13.0 Å². The van der Waals surface area contributed by atoms with Gasteiger partial charge >= 0.3 is 0 Å². The summed E-state index contributed by atoms with van der Waals surface area (Å²) in [5.41, 5.74) is 5.87. The Bertz CT molecular complexity index is 216. The molecule has 0 saturated carbocycles. The lowest BCUT2D eigenvalue weighted by molar-refractivity contribution is -0.119. The van der Waals surface area contributed by atoms with Crippen molar-refractivity contribution < 1.29 is 9.21 Å². The molecule has 0 aliphatic carbocycles. The molecule has 1 amide bonds. The molecule has 10 heavy (non-hydrogen) atoms. The van der Waals surface area contributed by atoms with E-state index < -0.39 is 0 Å². The van der Waals surface area contributed by atoms with Gasteiger partial charge in [0, 0.05) is 5.56 Å². The lowest BCUT2D eigenvalue weighted by Crippen LogP contribution is -2.18. The van der Waals surface area contributed by atoms with E-state index in [-0.39, 0.29) is 11.8 Å². The average molecular weight is 139 g/mol. The highest BCUT2D eigenvalue weighted by Crippen LogP contribution is 2.13. The van der Waals surface area contributed by atoms with Crippen LogP contribution in [0.1, 0.15) is 18.4 Å². The molecule has 2 N–H and O–H groups in total. The number of furan rings is 1. The molecule has 0 aliphatic heterocycles. The normalized spacial score (nSPS) is 12.9. The minimum Gasteiger partial charge on any atom is -0.472 e. The average Bonchev–Trinajstić information content (AvgIpc) is 2.36. The van der Waals surface area contributed by atoms with Crippen LogP contribution in [0.5, 0.6) is 0 Å². The van der Waals surface area contributed by atoms with Gasteiger partial charge in [-0.15, -0.1) is 0 Å². The second-order valence-corrected chi connectivity index (χ2v) is 2.18. The molecule has 0 bridgehead atoms. The summed E-state index contributed by atoms with van der Waals surface area (Å²) in [5.74, 6) is -0.583. The van der Waals surface area contributed by atoms with E-state index in [9.17, 15) is 4.79 Å². The third-order valence-corrected chi connectivity index (χ3v) is 1.47. The van der Waals surface area contributed by atoms with E-state index in [1.807, 2.05) is 0 Å². The molecule has 0 aromatic carbocycles. The third-order valence-electron chi connectivity index (χ3n) is 1.47. The molecule has 1 rings (SSSR count). The van der Waals surface area contributed by atoms with Crippen molar-refractivity contribution in [3.05, 3.63) is 24.2 Å². The first-order chi connectivity index (χ1) is 4.72. The van der Waals surface area contributed by atoms with Crippen LogP contribution in [0.3, 0.4) is 0 Å². The van der Waals surface area contributed by atoms with Crippen LogP contribution in [0.15, 0.2) is 23.0 Å². The van der Waals surface area contributed by atoms with Gasteiger partial charge in [0.25, 0.3) is 0 Å². The van der Waals surface area contributed by atoms with E-state index in [1.165, 1.54) is 12.5 Å². The van der Waals surface area contributed by atoms with Gasteiger partial charge in [-0.05, 0) is 13.0 Å². The maximum Gasteiger partial charge on any atom is 0.224 e. The Hall–Kier alpha value is -1.25. The molecule has 1 aromatic rings. The van der Waals surface area contributed by atoms with E-state index in [0.29, 0.717) is 0 Å². The quantitative estimate of drug-likeness (QED) is 0.660. The van der Waals surface area contributed by atoms with E-state index in [4.69, 9.17) is 10.2 Å². The number of nitrogens with two attached hydrogens (primary N) is 1. The number of primary amides is 1. The molecule has 0 radical (unpaired) electrons. The molecule has 1 aromatic heterocycles. The van der Waals surface area contributed by atoms with Crippen LogP contribution in [0.25, 0.3) is 0 Å². The van der Waals surface area contributed by atoms with Gasteiger partial charge in [0.05, 0.1) is 18.4 Å². The molecule has 1 atom stereocenters. The van der Waals surface area contributed by atoms with Gasteiger partial charge in [-0.3, -0.25) is 4.79 Å². The van der Waals surface area contributed by atoms with Gasteiger partial charge in [0.15, 0.2) is 0 Å². The molecule has 1 heterocycles. The molecule has 3 nitrogen and oxygen atoms in total. The van der Waals surface area contributed by atoms with Crippen molar-refractivity contribution in [1.82, 2.24) is 0 Å². The molecule has 0 fully saturated rings. The van der Waals surface area contributed by atoms with Crippen molar-refractivity contribution >= 4 is 5.91 Å². The number of hydrogen-bond acceptors (Lipinski definition) is 2. The monoisotopic (exact) mass is 139 g/mol. The van der Waals surface area contributed by atoms with E-state index in [2.05, 4.69) is 0 Å². The molecule has 0 spiro atoms. The van der Waals surface area contributed by atoms with Crippen molar-refractivity contribution in [2.75, 3.05) is 0 Å². The van der Waals surface area contributed by atoms with Gasteiger partial charge in [-0.2, -0.15) is 0 Å². The van der Waals surface area contributed by atoms with Gasteiger partial charge in [-0.25, -0.2) is 0 Å². The van der Waals surface area contributed by atoms with Crippen LogP contribution >= 0.6 is 0 Å². The number of rotatable bonds is 2. The highest BCUT2D eigenvalue weighted by molar-refractivity contribution is 5.81. The van der Waals surface area contributed by atoms with Crippen molar-refractivity contribution in [2.24, 2.45) is 5.73 Å². The van der Waals surface area contributed by atoms with Crippen LogP contribution in [0, 0.1) is 0 Å². The molecule has 3 heteroatoms. The first kappa shape index (κ1) is 6.86. The van der Waals surface area contributed by atoms with Crippen LogP contribution in [0.2, 0.25) is 0 Å². The molecular weight excluding hydrogens is 130 g/mol. The lowest BCUT2D eigenvalue weighted by atomic mass is 10.1. The summed E-state index contributed by atoms with van der Waals surface area (Å²) in [4.78, 5) is 10.6. The largest absolute Gasteiger partial charge is 0.472 e. The van der Waals surface area contributed by atoms with Crippen LogP contribution in [-0.4, -0.2) is 5.91 Å². The summed E-state index contributed by atoms with van der Waals surface area (Å²) in [6, 6.07) is 1.73. The Morgan fingerprint density at radius 2 is 2.50 bits per heavy atom. The minimum absolute atomic E-state index is 0.251. The van der Waals surface area contributed by atoms with Crippen molar-refractivity contribution in [1.29, 1.82) is 0 Å². The summed E-state index contributed by atoms with van der Waals surface area (Å²) in [5, 5.41) is 0. The van der Waals surface area contributed by atoms with E-state index >= 15 is 0 Å². The summed E-state index contributed by atoms with van der Waals surface area (Å²) in [6.07, 6.45) is 3.05. The van der Waals surface area contributed by atoms with Gasteiger partial charge < -0.3 is 10.2 Å². The fourth-order valence-corrected chi connectivity index (χ4v) is 0.686. The maximum atomic E-state index is 10.6. The SMILES string of the molecule is CC(C(N)=O)c1ccoc1. The summed E-state index contributed by atoms with van der Waals surface area (Å²) in [6.45, 7) is 1.74. The fourth-order valence-electron chi connectivity index (χ4n) is 0.686. The number of carbonyl (C=O) groups is 1. The van der Waals surface area contributed by atoms with Crippen LogP contribution in [0.4, 0.5) is 0 Å². The third kappa shape index (κ3) is 1.18. The molecule has 54 valence electrons. The molecular formula is C7H9NO2. The molecule has 0 aliphatic rings. The Balaban J connectivity index is 2.77. The second-order valence-electron chi connectivity index (χ2n) is 2.18. The Kier molecular flexibility index (Phi) is 1.76.